The van der Waals surface area contributed by atoms with Gasteiger partial charge in [0.15, 0.2) is 0 Å². The summed E-state index contributed by atoms with van der Waals surface area (Å²) in [6.07, 6.45) is 2.31. The minimum atomic E-state index is 0.631. The molecule has 0 aliphatic heterocycles. The molecule has 11 heavy (non-hydrogen) atoms. The fourth-order valence-electron chi connectivity index (χ4n) is 1.00. The topological polar surface area (TPSA) is 9.23 Å². The van der Waals surface area contributed by atoms with Crippen LogP contribution in [0.1, 0.15) is 27.7 Å². The molecule has 0 N–H and O–H groups in total. The lowest BCUT2D eigenvalue weighted by Crippen LogP contribution is -2.03. The SMILES string of the molecule is CC(C)C=C(CO[SiH3])C(C)C. The lowest BCUT2D eigenvalue weighted by Gasteiger charge is -2.11. The molecule has 0 aromatic heterocycles. The molecule has 0 rings (SSSR count). The largest absolute Gasteiger partial charge is 0.424 e. The van der Waals surface area contributed by atoms with Crippen molar-refractivity contribution in [2.24, 2.45) is 11.8 Å². The summed E-state index contributed by atoms with van der Waals surface area (Å²) >= 11 is 0. The summed E-state index contributed by atoms with van der Waals surface area (Å²) < 4.78 is 5.24. The van der Waals surface area contributed by atoms with E-state index in [1.54, 1.807) is 0 Å². The van der Waals surface area contributed by atoms with Crippen molar-refractivity contribution in [3.63, 3.8) is 0 Å². The maximum Gasteiger partial charge on any atom is 0.146 e. The van der Waals surface area contributed by atoms with E-state index in [4.69, 9.17) is 4.43 Å². The molecule has 0 aliphatic rings. The van der Waals surface area contributed by atoms with Gasteiger partial charge in [0.1, 0.15) is 10.5 Å². The normalized spacial score (nSPS) is 13.5. The van der Waals surface area contributed by atoms with Gasteiger partial charge in [-0.05, 0) is 17.4 Å². The Balaban J connectivity index is 4.08. The van der Waals surface area contributed by atoms with E-state index >= 15 is 0 Å². The predicted octanol–water partition coefficient (Wildman–Crippen LogP) is 1.52. The predicted molar refractivity (Wildman–Crippen MR) is 53.7 cm³/mol. The summed E-state index contributed by atoms with van der Waals surface area (Å²) in [6, 6.07) is 0. The van der Waals surface area contributed by atoms with Crippen molar-refractivity contribution in [3.8, 4) is 0 Å². The summed E-state index contributed by atoms with van der Waals surface area (Å²) in [5.41, 5.74) is 1.44. The van der Waals surface area contributed by atoms with Gasteiger partial charge in [0.05, 0.1) is 6.61 Å². The third-order valence-corrected chi connectivity index (χ3v) is 1.89. The van der Waals surface area contributed by atoms with Gasteiger partial charge in [0, 0.05) is 0 Å². The van der Waals surface area contributed by atoms with E-state index in [1.807, 2.05) is 0 Å². The zero-order valence-corrected chi connectivity index (χ0v) is 10.3. The molecule has 0 aliphatic carbocycles. The Morgan fingerprint density at radius 2 is 1.91 bits per heavy atom. The van der Waals surface area contributed by atoms with Crippen LogP contribution in [0, 0.1) is 11.8 Å². The van der Waals surface area contributed by atoms with Gasteiger partial charge < -0.3 is 4.43 Å². The molecule has 0 aromatic rings. The van der Waals surface area contributed by atoms with Crippen molar-refractivity contribution in [2.45, 2.75) is 27.7 Å². The van der Waals surface area contributed by atoms with Crippen LogP contribution in [-0.4, -0.2) is 17.1 Å². The first-order chi connectivity index (χ1) is 5.07. The molecule has 0 saturated heterocycles. The quantitative estimate of drug-likeness (QED) is 0.461. The van der Waals surface area contributed by atoms with Crippen LogP contribution in [0.25, 0.3) is 0 Å². The third-order valence-electron chi connectivity index (χ3n) is 1.60. The van der Waals surface area contributed by atoms with Crippen LogP contribution in [0.3, 0.4) is 0 Å². The Bertz CT molecular complexity index is 128. The highest BCUT2D eigenvalue weighted by atomic mass is 28.2. The van der Waals surface area contributed by atoms with Crippen LogP contribution in [0.2, 0.25) is 0 Å². The summed E-state index contributed by atoms with van der Waals surface area (Å²) in [5, 5.41) is 0. The maximum absolute atomic E-state index is 5.24. The van der Waals surface area contributed by atoms with Crippen molar-refractivity contribution in [2.75, 3.05) is 6.61 Å². The van der Waals surface area contributed by atoms with E-state index < -0.39 is 0 Å². The summed E-state index contributed by atoms with van der Waals surface area (Å²) in [7, 11) is 0.842. The smallest absolute Gasteiger partial charge is 0.146 e. The highest BCUT2D eigenvalue weighted by molar-refractivity contribution is 5.98. The molecule has 0 radical (unpaired) electrons. The fraction of sp³-hybridized carbons (Fsp3) is 0.778. The first-order valence-corrected chi connectivity index (χ1v) is 5.09. The lowest BCUT2D eigenvalue weighted by atomic mass is 10.0. The summed E-state index contributed by atoms with van der Waals surface area (Å²) in [6.45, 7) is 9.68. The molecule has 66 valence electrons. The lowest BCUT2D eigenvalue weighted by molar-refractivity contribution is 0.371. The van der Waals surface area contributed by atoms with Crippen molar-refractivity contribution in [1.82, 2.24) is 0 Å². The highest BCUT2D eigenvalue weighted by Gasteiger charge is 2.02. The first-order valence-electron chi connectivity index (χ1n) is 4.27. The Morgan fingerprint density at radius 1 is 1.36 bits per heavy atom. The standard InChI is InChI=1S/C9H20OSi/c1-7(2)5-9(6-10-11)8(3)4/h5,7-8H,6H2,1-4,11H3. The average molecular weight is 172 g/mol. The molecule has 0 spiro atoms. The van der Waals surface area contributed by atoms with E-state index in [0.29, 0.717) is 11.8 Å². The Morgan fingerprint density at radius 3 is 2.18 bits per heavy atom. The number of allylic oxidation sites excluding steroid dienone is 1. The molecule has 0 atom stereocenters. The van der Waals surface area contributed by atoms with E-state index in [9.17, 15) is 0 Å². The number of hydrogen-bond donors (Lipinski definition) is 0. The molecule has 0 fully saturated rings. The van der Waals surface area contributed by atoms with E-state index in [1.165, 1.54) is 5.57 Å². The van der Waals surface area contributed by atoms with Gasteiger partial charge in [-0.3, -0.25) is 0 Å². The second-order valence-corrected chi connectivity index (χ2v) is 4.15. The van der Waals surface area contributed by atoms with Crippen LogP contribution in [0.15, 0.2) is 11.6 Å². The van der Waals surface area contributed by atoms with Crippen LogP contribution < -0.4 is 0 Å². The van der Waals surface area contributed by atoms with Crippen LogP contribution in [0.4, 0.5) is 0 Å². The second kappa shape index (κ2) is 5.55. The Kier molecular flexibility index (Phi) is 5.51. The maximum atomic E-state index is 5.24. The van der Waals surface area contributed by atoms with E-state index in [-0.39, 0.29) is 0 Å². The Labute approximate surface area is 73.4 Å². The van der Waals surface area contributed by atoms with Crippen molar-refractivity contribution in [3.05, 3.63) is 11.6 Å². The average Bonchev–Trinajstić information content (AvgIpc) is 1.86. The van der Waals surface area contributed by atoms with Gasteiger partial charge in [0.2, 0.25) is 0 Å². The van der Waals surface area contributed by atoms with Crippen molar-refractivity contribution >= 4 is 10.5 Å². The summed E-state index contributed by atoms with van der Waals surface area (Å²) in [5.74, 6) is 1.27. The molecule has 0 saturated carbocycles. The molecular weight excluding hydrogens is 152 g/mol. The summed E-state index contributed by atoms with van der Waals surface area (Å²) in [4.78, 5) is 0. The molecule has 1 nitrogen and oxygen atoms in total. The monoisotopic (exact) mass is 172 g/mol. The van der Waals surface area contributed by atoms with Crippen LogP contribution in [-0.2, 0) is 4.43 Å². The third kappa shape index (κ3) is 5.22. The molecule has 0 unspecified atom stereocenters. The van der Waals surface area contributed by atoms with Crippen molar-refractivity contribution in [1.29, 1.82) is 0 Å². The molecule has 0 bridgehead atoms. The minimum Gasteiger partial charge on any atom is -0.424 e. The second-order valence-electron chi connectivity index (χ2n) is 3.57. The van der Waals surface area contributed by atoms with Crippen molar-refractivity contribution < 1.29 is 4.43 Å². The molecule has 0 aromatic carbocycles. The van der Waals surface area contributed by atoms with Gasteiger partial charge in [-0.2, -0.15) is 0 Å². The van der Waals surface area contributed by atoms with Crippen LogP contribution in [0.5, 0.6) is 0 Å². The van der Waals surface area contributed by atoms with E-state index in [0.717, 1.165) is 17.1 Å². The van der Waals surface area contributed by atoms with Gasteiger partial charge in [-0.15, -0.1) is 0 Å². The minimum absolute atomic E-state index is 0.631. The number of rotatable bonds is 4. The fourth-order valence-corrected chi connectivity index (χ4v) is 1.34. The van der Waals surface area contributed by atoms with Gasteiger partial charge in [-0.1, -0.05) is 33.8 Å². The Hall–Kier alpha value is -0.0831. The van der Waals surface area contributed by atoms with E-state index in [2.05, 4.69) is 33.8 Å². The van der Waals surface area contributed by atoms with Crippen LogP contribution >= 0.6 is 0 Å². The zero-order valence-electron chi connectivity index (χ0n) is 8.35. The zero-order chi connectivity index (χ0) is 8.85. The van der Waals surface area contributed by atoms with Gasteiger partial charge in [0.25, 0.3) is 0 Å². The van der Waals surface area contributed by atoms with Gasteiger partial charge in [-0.25, -0.2) is 0 Å². The molecule has 2 heteroatoms. The highest BCUT2D eigenvalue weighted by Crippen LogP contribution is 2.12. The molecular formula is C9H20OSi. The number of hydrogen-bond acceptors (Lipinski definition) is 1. The first kappa shape index (κ1) is 10.9. The van der Waals surface area contributed by atoms with Gasteiger partial charge >= 0.3 is 0 Å². The molecule has 0 heterocycles. The molecule has 0 amide bonds.